The average molecular weight is 384 g/mol. The lowest BCUT2D eigenvalue weighted by Gasteiger charge is -2.16. The van der Waals surface area contributed by atoms with Gasteiger partial charge in [0.25, 0.3) is 0 Å². The molecule has 6 heteroatoms. The summed E-state index contributed by atoms with van der Waals surface area (Å²) in [6.07, 6.45) is 0. The van der Waals surface area contributed by atoms with Gasteiger partial charge in [0, 0.05) is 5.69 Å². The van der Waals surface area contributed by atoms with Crippen LogP contribution < -0.4 is 20.1 Å². The van der Waals surface area contributed by atoms with Crippen LogP contribution in [0.1, 0.15) is 35.1 Å². The highest BCUT2D eigenvalue weighted by molar-refractivity contribution is 5.96. The molecule has 0 aliphatic carbocycles. The molecule has 0 spiro atoms. The van der Waals surface area contributed by atoms with E-state index in [4.69, 9.17) is 9.47 Å². The van der Waals surface area contributed by atoms with E-state index in [0.717, 1.165) is 27.9 Å². The molecule has 0 saturated carbocycles. The maximum absolute atomic E-state index is 12.5. The molecule has 0 aliphatic rings. The lowest BCUT2D eigenvalue weighted by molar-refractivity contribution is -0.125. The number of ether oxygens (including phenoxy) is 2. The molecule has 0 radical (unpaired) electrons. The number of anilines is 1. The van der Waals surface area contributed by atoms with Crippen molar-refractivity contribution >= 4 is 17.5 Å². The zero-order chi connectivity index (χ0) is 20.8. The van der Waals surface area contributed by atoms with Crippen molar-refractivity contribution in [2.45, 2.75) is 33.6 Å². The Bertz CT molecular complexity index is 854. The normalized spacial score (nSPS) is 11.5. The zero-order valence-corrected chi connectivity index (χ0v) is 17.3. The van der Waals surface area contributed by atoms with Gasteiger partial charge in [-0.15, -0.1) is 0 Å². The van der Waals surface area contributed by atoms with Crippen LogP contribution in [0.15, 0.2) is 30.3 Å². The predicted molar refractivity (Wildman–Crippen MR) is 110 cm³/mol. The zero-order valence-electron chi connectivity index (χ0n) is 17.3. The number of rotatable bonds is 7. The molecule has 2 aromatic rings. The largest absolute Gasteiger partial charge is 0.493 e. The summed E-state index contributed by atoms with van der Waals surface area (Å²) in [5.41, 5.74) is 4.70. The van der Waals surface area contributed by atoms with Crippen LogP contribution in [-0.2, 0) is 9.59 Å². The summed E-state index contributed by atoms with van der Waals surface area (Å²) in [7, 11) is 3.11. The van der Waals surface area contributed by atoms with Gasteiger partial charge in [-0.2, -0.15) is 0 Å². The number of hydrogen-bond acceptors (Lipinski definition) is 4. The summed E-state index contributed by atoms with van der Waals surface area (Å²) in [6.45, 7) is 7.61. The van der Waals surface area contributed by atoms with Crippen molar-refractivity contribution in [3.63, 3.8) is 0 Å². The number of hydrogen-bond donors (Lipinski definition) is 2. The average Bonchev–Trinajstić information content (AvgIpc) is 2.67. The van der Waals surface area contributed by atoms with E-state index < -0.39 is 5.92 Å². The third-order valence-corrected chi connectivity index (χ3v) is 4.67. The van der Waals surface area contributed by atoms with Gasteiger partial charge in [-0.1, -0.05) is 23.8 Å². The van der Waals surface area contributed by atoms with Gasteiger partial charge in [0.15, 0.2) is 11.5 Å². The molecule has 2 aromatic carbocycles. The fourth-order valence-corrected chi connectivity index (χ4v) is 3.15. The minimum Gasteiger partial charge on any atom is -0.493 e. The van der Waals surface area contributed by atoms with Crippen molar-refractivity contribution in [3.8, 4) is 11.5 Å². The summed E-state index contributed by atoms with van der Waals surface area (Å²) in [6, 6.07) is 9.36. The van der Waals surface area contributed by atoms with Crippen LogP contribution in [0.5, 0.6) is 11.5 Å². The van der Waals surface area contributed by atoms with Crippen LogP contribution in [0, 0.1) is 20.8 Å². The Labute approximate surface area is 166 Å². The van der Waals surface area contributed by atoms with Crippen LogP contribution >= 0.6 is 0 Å². The standard InChI is InChI=1S/C22H28N2O4/c1-13-9-14(2)21(15(3)10-13)24-20(25)12-23-22(26)16(4)17-7-8-18(27-5)19(11-17)28-6/h7-11,16H,12H2,1-6H3,(H,23,26)(H,24,25)/t16-/m0/s1. The number of nitrogens with one attached hydrogen (secondary N) is 2. The highest BCUT2D eigenvalue weighted by atomic mass is 16.5. The first kappa shape index (κ1) is 21.3. The highest BCUT2D eigenvalue weighted by Gasteiger charge is 2.18. The van der Waals surface area contributed by atoms with E-state index in [2.05, 4.69) is 10.6 Å². The number of carbonyl (C=O) groups excluding carboxylic acids is 2. The van der Waals surface area contributed by atoms with Gasteiger partial charge in [-0.3, -0.25) is 9.59 Å². The Morgan fingerprint density at radius 1 is 0.964 bits per heavy atom. The third kappa shape index (κ3) is 5.03. The molecule has 150 valence electrons. The molecule has 0 aromatic heterocycles. The summed E-state index contributed by atoms with van der Waals surface area (Å²) in [5.74, 6) is 0.225. The van der Waals surface area contributed by atoms with Crippen molar-refractivity contribution in [3.05, 3.63) is 52.6 Å². The van der Waals surface area contributed by atoms with Gasteiger partial charge in [0.1, 0.15) is 0 Å². The molecule has 0 heterocycles. The Morgan fingerprint density at radius 3 is 2.14 bits per heavy atom. The quantitative estimate of drug-likeness (QED) is 0.766. The maximum Gasteiger partial charge on any atom is 0.243 e. The summed E-state index contributed by atoms with van der Waals surface area (Å²) in [5, 5.41) is 5.58. The first-order valence-corrected chi connectivity index (χ1v) is 9.14. The van der Waals surface area contributed by atoms with Gasteiger partial charge < -0.3 is 20.1 Å². The maximum atomic E-state index is 12.5. The summed E-state index contributed by atoms with van der Waals surface area (Å²) in [4.78, 5) is 24.8. The minimum atomic E-state index is -0.435. The number of amides is 2. The fourth-order valence-electron chi connectivity index (χ4n) is 3.15. The second kappa shape index (κ2) is 9.26. The van der Waals surface area contributed by atoms with E-state index in [9.17, 15) is 9.59 Å². The number of aryl methyl sites for hydroxylation is 3. The Kier molecular flexibility index (Phi) is 7.04. The van der Waals surface area contributed by atoms with E-state index in [1.54, 1.807) is 33.3 Å². The first-order chi connectivity index (χ1) is 13.3. The van der Waals surface area contributed by atoms with Crippen LogP contribution in [0.2, 0.25) is 0 Å². The van der Waals surface area contributed by atoms with Crippen molar-refractivity contribution in [1.29, 1.82) is 0 Å². The molecule has 2 N–H and O–H groups in total. The topological polar surface area (TPSA) is 76.7 Å². The molecule has 28 heavy (non-hydrogen) atoms. The second-order valence-electron chi connectivity index (χ2n) is 6.88. The Morgan fingerprint density at radius 2 is 1.57 bits per heavy atom. The van der Waals surface area contributed by atoms with E-state index in [1.165, 1.54) is 0 Å². The smallest absolute Gasteiger partial charge is 0.243 e. The first-order valence-electron chi connectivity index (χ1n) is 9.14. The highest BCUT2D eigenvalue weighted by Crippen LogP contribution is 2.30. The fraction of sp³-hybridized carbons (Fsp3) is 0.364. The molecule has 0 aliphatic heterocycles. The second-order valence-corrected chi connectivity index (χ2v) is 6.88. The molecule has 1 atom stereocenters. The third-order valence-electron chi connectivity index (χ3n) is 4.67. The minimum absolute atomic E-state index is 0.0940. The molecular formula is C22H28N2O4. The number of carbonyl (C=O) groups is 2. The van der Waals surface area contributed by atoms with Crippen molar-refractivity contribution in [2.24, 2.45) is 0 Å². The number of methoxy groups -OCH3 is 2. The molecule has 0 saturated heterocycles. The van der Waals surface area contributed by atoms with Crippen LogP contribution in [0.3, 0.4) is 0 Å². The summed E-state index contributed by atoms with van der Waals surface area (Å²) >= 11 is 0. The SMILES string of the molecule is COc1ccc([C@H](C)C(=O)NCC(=O)Nc2c(C)cc(C)cc2C)cc1OC. The molecular weight excluding hydrogens is 356 g/mol. The summed E-state index contributed by atoms with van der Waals surface area (Å²) < 4.78 is 10.5. The van der Waals surface area contributed by atoms with Crippen LogP contribution in [-0.4, -0.2) is 32.6 Å². The van der Waals surface area contributed by atoms with Crippen LogP contribution in [0.25, 0.3) is 0 Å². The molecule has 2 amide bonds. The Hall–Kier alpha value is -3.02. The number of benzene rings is 2. The lowest BCUT2D eigenvalue weighted by atomic mass is 10.00. The monoisotopic (exact) mass is 384 g/mol. The molecule has 0 fully saturated rings. The van der Waals surface area contributed by atoms with Gasteiger partial charge in [-0.05, 0) is 56.5 Å². The molecule has 6 nitrogen and oxygen atoms in total. The van der Waals surface area contributed by atoms with Gasteiger partial charge in [-0.25, -0.2) is 0 Å². The van der Waals surface area contributed by atoms with Crippen molar-refractivity contribution in [2.75, 3.05) is 26.1 Å². The van der Waals surface area contributed by atoms with Gasteiger partial charge in [0.05, 0.1) is 26.7 Å². The van der Waals surface area contributed by atoms with Crippen molar-refractivity contribution < 1.29 is 19.1 Å². The molecule has 2 rings (SSSR count). The lowest BCUT2D eigenvalue weighted by Crippen LogP contribution is -2.35. The van der Waals surface area contributed by atoms with E-state index in [-0.39, 0.29) is 18.4 Å². The molecule has 0 unspecified atom stereocenters. The Balaban J connectivity index is 1.99. The molecule has 0 bridgehead atoms. The van der Waals surface area contributed by atoms with Crippen LogP contribution in [0.4, 0.5) is 5.69 Å². The van der Waals surface area contributed by atoms with Gasteiger partial charge in [0.2, 0.25) is 11.8 Å². The van der Waals surface area contributed by atoms with Crippen molar-refractivity contribution in [1.82, 2.24) is 5.32 Å². The van der Waals surface area contributed by atoms with E-state index in [0.29, 0.717) is 11.5 Å². The van der Waals surface area contributed by atoms with E-state index >= 15 is 0 Å². The predicted octanol–water partition coefficient (Wildman–Crippen LogP) is 3.49. The van der Waals surface area contributed by atoms with E-state index in [1.807, 2.05) is 39.0 Å². The van der Waals surface area contributed by atoms with Gasteiger partial charge >= 0.3 is 0 Å².